The van der Waals surface area contributed by atoms with Gasteiger partial charge in [0, 0.05) is 12.7 Å². The number of methoxy groups -OCH3 is 2. The number of hydrogen-bond donors (Lipinski definition) is 0. The monoisotopic (exact) mass is 393 g/mol. The number of esters is 1. The van der Waals surface area contributed by atoms with Gasteiger partial charge in [-0.1, -0.05) is 11.8 Å². The van der Waals surface area contributed by atoms with Gasteiger partial charge in [0.25, 0.3) is 0 Å². The summed E-state index contributed by atoms with van der Waals surface area (Å²) in [5, 5.41) is 6.48. The van der Waals surface area contributed by atoms with Gasteiger partial charge in [-0.2, -0.15) is 5.10 Å². The van der Waals surface area contributed by atoms with Crippen molar-refractivity contribution in [3.05, 3.63) is 34.9 Å². The molecule has 0 saturated carbocycles. The lowest BCUT2D eigenvalue weighted by Crippen LogP contribution is -2.47. The predicted octanol–water partition coefficient (Wildman–Crippen LogP) is 2.85. The summed E-state index contributed by atoms with van der Waals surface area (Å²) < 4.78 is 9.26. The zero-order valence-electron chi connectivity index (χ0n) is 15.1. The zero-order valence-corrected chi connectivity index (χ0v) is 16.7. The average Bonchev–Trinajstić information content (AvgIpc) is 3.15. The van der Waals surface area contributed by atoms with E-state index in [2.05, 4.69) is 5.10 Å². The number of ketones is 1. The van der Waals surface area contributed by atoms with Crippen molar-refractivity contribution >= 4 is 46.0 Å². The minimum absolute atomic E-state index is 0.0157. The Morgan fingerprint density at radius 3 is 2.31 bits per heavy atom. The normalized spacial score (nSPS) is 22.1. The number of carbonyl (C=O) groups is 2. The molecule has 2 heterocycles. The summed E-state index contributed by atoms with van der Waals surface area (Å²) in [6.07, 6.45) is 0. The molecule has 1 atom stereocenters. The van der Waals surface area contributed by atoms with Gasteiger partial charge in [0.05, 0.1) is 24.8 Å². The van der Waals surface area contributed by atoms with E-state index < -0.39 is 10.3 Å². The first-order chi connectivity index (χ1) is 12.3. The minimum atomic E-state index is -0.802. The van der Waals surface area contributed by atoms with Crippen molar-refractivity contribution in [1.82, 2.24) is 4.90 Å². The van der Waals surface area contributed by atoms with Crippen molar-refractivity contribution < 1.29 is 19.1 Å². The Morgan fingerprint density at radius 2 is 1.81 bits per heavy atom. The van der Waals surface area contributed by atoms with Gasteiger partial charge >= 0.3 is 5.97 Å². The van der Waals surface area contributed by atoms with Gasteiger partial charge in [0.1, 0.15) is 5.75 Å². The Morgan fingerprint density at radius 1 is 1.15 bits per heavy atom. The zero-order chi connectivity index (χ0) is 19.1. The summed E-state index contributed by atoms with van der Waals surface area (Å²) >= 11 is 2.65. The molecule has 0 saturated heterocycles. The number of nitrogens with zero attached hydrogens (tertiary/aromatic N) is 3. The Balaban J connectivity index is 2.06. The topological polar surface area (TPSA) is 71.4 Å². The number of Topliss-reactive ketones (excluding diaryl/α,β-unsaturated/α-hetero) is 1. The maximum Gasteiger partial charge on any atom is 0.365 e. The number of benzene rings is 1. The average molecular weight is 393 g/mol. The SMILES string of the molecule is COC(=O)C1=NN(c2ccc(OC)cc2)[C@]2(S1)SC(C(C)=O)=C(C)N2C. The van der Waals surface area contributed by atoms with Crippen molar-refractivity contribution in [2.45, 2.75) is 18.2 Å². The molecule has 0 radical (unpaired) electrons. The highest BCUT2D eigenvalue weighted by molar-refractivity contribution is 8.28. The lowest BCUT2D eigenvalue weighted by Gasteiger charge is -2.39. The quantitative estimate of drug-likeness (QED) is 0.723. The Bertz CT molecular complexity index is 822. The van der Waals surface area contributed by atoms with Crippen LogP contribution in [0.2, 0.25) is 0 Å². The standard InChI is InChI=1S/C17H19N3O4S2/c1-10-14(11(2)21)25-17(19(10)3)20(18-15(26-17)16(22)24-5)12-6-8-13(23-4)9-7-12/h6-9H,1-5H3/t17-/m0/s1. The van der Waals surface area contributed by atoms with Crippen LogP contribution in [0.15, 0.2) is 40.0 Å². The number of hydrogen-bond acceptors (Lipinski definition) is 9. The van der Waals surface area contributed by atoms with E-state index in [4.69, 9.17) is 9.47 Å². The van der Waals surface area contributed by atoms with Crippen molar-refractivity contribution in [1.29, 1.82) is 0 Å². The van der Waals surface area contributed by atoms with Crippen molar-refractivity contribution in [2.24, 2.45) is 5.10 Å². The highest BCUT2D eigenvalue weighted by Crippen LogP contribution is 2.58. The first kappa shape index (κ1) is 18.7. The molecular formula is C17H19N3O4S2. The maximum absolute atomic E-state index is 12.1. The fourth-order valence-corrected chi connectivity index (χ4v) is 5.60. The van der Waals surface area contributed by atoms with Crippen molar-refractivity contribution in [3.8, 4) is 5.75 Å². The summed E-state index contributed by atoms with van der Waals surface area (Å²) in [6.45, 7) is 3.43. The number of allylic oxidation sites excluding steroid dienone is 2. The van der Waals surface area contributed by atoms with Gasteiger partial charge < -0.3 is 14.4 Å². The lowest BCUT2D eigenvalue weighted by atomic mass is 10.3. The number of hydrazone groups is 1. The number of rotatable bonds is 4. The molecule has 0 unspecified atom stereocenters. The third-order valence-corrected chi connectivity index (χ3v) is 7.33. The van der Waals surface area contributed by atoms with Crippen LogP contribution in [0.1, 0.15) is 13.8 Å². The predicted molar refractivity (Wildman–Crippen MR) is 104 cm³/mol. The van der Waals surface area contributed by atoms with Gasteiger partial charge in [-0.15, -0.1) is 0 Å². The van der Waals surface area contributed by atoms with E-state index >= 15 is 0 Å². The van der Waals surface area contributed by atoms with Gasteiger partial charge in [-0.3, -0.25) is 4.79 Å². The van der Waals surface area contributed by atoms with E-state index in [9.17, 15) is 9.59 Å². The molecule has 1 aromatic rings. The van der Waals surface area contributed by atoms with E-state index in [-0.39, 0.29) is 10.8 Å². The summed E-state index contributed by atoms with van der Waals surface area (Å²) in [5.41, 5.74) is 1.61. The Labute approximate surface area is 160 Å². The molecule has 2 aliphatic heterocycles. The number of thioether (sulfide) groups is 2. The molecule has 9 heteroatoms. The van der Waals surface area contributed by atoms with Crippen LogP contribution in [0, 0.1) is 0 Å². The molecule has 0 aromatic heterocycles. The smallest absolute Gasteiger partial charge is 0.365 e. The maximum atomic E-state index is 12.1. The Hall–Kier alpha value is -2.13. The fraction of sp³-hybridized carbons (Fsp3) is 0.353. The van der Waals surface area contributed by atoms with E-state index in [0.717, 1.165) is 17.1 Å². The van der Waals surface area contributed by atoms with E-state index in [1.54, 1.807) is 12.1 Å². The van der Waals surface area contributed by atoms with E-state index in [1.807, 2.05) is 43.1 Å². The van der Waals surface area contributed by atoms with Crippen LogP contribution < -0.4 is 9.75 Å². The molecule has 138 valence electrons. The molecule has 7 nitrogen and oxygen atoms in total. The molecule has 3 rings (SSSR count). The number of anilines is 1. The third-order valence-electron chi connectivity index (χ3n) is 4.18. The molecule has 0 aliphatic carbocycles. The summed E-state index contributed by atoms with van der Waals surface area (Å²) in [5.74, 6) is 0.198. The molecule has 0 fully saturated rings. The summed E-state index contributed by atoms with van der Waals surface area (Å²) in [4.78, 5) is 26.8. The van der Waals surface area contributed by atoms with Gasteiger partial charge in [0.2, 0.25) is 9.37 Å². The van der Waals surface area contributed by atoms with Crippen LogP contribution in [-0.4, -0.2) is 47.3 Å². The molecule has 26 heavy (non-hydrogen) atoms. The lowest BCUT2D eigenvalue weighted by molar-refractivity contribution is -0.132. The molecule has 0 bridgehead atoms. The van der Waals surface area contributed by atoms with Gasteiger partial charge in [-0.25, -0.2) is 9.80 Å². The minimum Gasteiger partial charge on any atom is -0.497 e. The van der Waals surface area contributed by atoms with Gasteiger partial charge in [0.15, 0.2) is 5.78 Å². The highest BCUT2D eigenvalue weighted by atomic mass is 32.2. The molecule has 2 aliphatic rings. The molecule has 0 N–H and O–H groups in total. The second kappa shape index (κ2) is 6.88. The third kappa shape index (κ3) is 2.84. The molecule has 0 amide bonds. The van der Waals surface area contributed by atoms with E-state index in [0.29, 0.717) is 4.91 Å². The largest absolute Gasteiger partial charge is 0.497 e. The van der Waals surface area contributed by atoms with Gasteiger partial charge in [-0.05, 0) is 49.9 Å². The van der Waals surface area contributed by atoms with Crippen LogP contribution in [0.25, 0.3) is 0 Å². The first-order valence-corrected chi connectivity index (χ1v) is 9.42. The van der Waals surface area contributed by atoms with Crippen LogP contribution in [0.4, 0.5) is 5.69 Å². The highest BCUT2D eigenvalue weighted by Gasteiger charge is 2.55. The second-order valence-corrected chi connectivity index (χ2v) is 8.29. The fourth-order valence-electron chi connectivity index (χ4n) is 2.70. The second-order valence-electron chi connectivity index (χ2n) is 5.69. The Kier molecular flexibility index (Phi) is 4.94. The van der Waals surface area contributed by atoms with Crippen LogP contribution >= 0.6 is 23.5 Å². The van der Waals surface area contributed by atoms with E-state index in [1.165, 1.54) is 37.6 Å². The molecular weight excluding hydrogens is 374 g/mol. The van der Waals surface area contributed by atoms with Crippen molar-refractivity contribution in [2.75, 3.05) is 26.3 Å². The first-order valence-electron chi connectivity index (χ1n) is 7.79. The summed E-state index contributed by atoms with van der Waals surface area (Å²) in [6, 6.07) is 7.37. The number of carbonyl (C=O) groups excluding carboxylic acids is 2. The molecule has 1 spiro atoms. The van der Waals surface area contributed by atoms with Crippen molar-refractivity contribution in [3.63, 3.8) is 0 Å². The molecule has 1 aromatic carbocycles. The van der Waals surface area contributed by atoms with Crippen LogP contribution in [-0.2, 0) is 14.3 Å². The summed E-state index contributed by atoms with van der Waals surface area (Å²) in [7, 11) is 4.81. The van der Waals surface area contributed by atoms with Crippen LogP contribution in [0.5, 0.6) is 5.75 Å². The number of ether oxygens (including phenoxy) is 2. The van der Waals surface area contributed by atoms with Crippen LogP contribution in [0.3, 0.4) is 0 Å².